The molecule has 15 heavy (non-hydrogen) atoms. The van der Waals surface area contributed by atoms with Gasteiger partial charge in [-0.15, -0.1) is 0 Å². The van der Waals surface area contributed by atoms with Crippen molar-refractivity contribution in [1.82, 2.24) is 9.78 Å². The Balaban J connectivity index is 2.11. The second kappa shape index (κ2) is 3.68. The summed E-state index contributed by atoms with van der Waals surface area (Å²) in [6.45, 7) is 2.49. The third-order valence-corrected chi connectivity index (χ3v) is 2.28. The Morgan fingerprint density at radius 1 is 1.60 bits per heavy atom. The molecule has 0 aliphatic carbocycles. The maximum absolute atomic E-state index is 5.87. The van der Waals surface area contributed by atoms with Crippen molar-refractivity contribution in [2.24, 2.45) is 7.05 Å². The topological polar surface area (TPSA) is 69.0 Å². The summed E-state index contributed by atoms with van der Waals surface area (Å²) in [6, 6.07) is 3.77. The van der Waals surface area contributed by atoms with Crippen molar-refractivity contribution >= 4 is 11.5 Å². The summed E-state index contributed by atoms with van der Waals surface area (Å²) in [5.74, 6) is 1.69. The average Bonchev–Trinajstić information content (AvgIpc) is 2.76. The van der Waals surface area contributed by atoms with Crippen LogP contribution < -0.4 is 11.1 Å². The molecule has 0 saturated carbocycles. The molecular formula is C10H14N4O. The van der Waals surface area contributed by atoms with Crippen LogP contribution in [-0.2, 0) is 13.6 Å². The van der Waals surface area contributed by atoms with Crippen LogP contribution in [0.2, 0.25) is 0 Å². The molecule has 2 heterocycles. The minimum atomic E-state index is 0.607. The molecule has 5 heteroatoms. The zero-order chi connectivity index (χ0) is 10.8. The van der Waals surface area contributed by atoms with Crippen LogP contribution in [0.15, 0.2) is 22.8 Å². The fraction of sp³-hybridized carbons (Fsp3) is 0.300. The Labute approximate surface area is 87.9 Å². The molecule has 80 valence electrons. The zero-order valence-corrected chi connectivity index (χ0v) is 8.82. The summed E-state index contributed by atoms with van der Waals surface area (Å²) in [5, 5.41) is 7.40. The molecule has 0 spiro atoms. The van der Waals surface area contributed by atoms with Gasteiger partial charge in [-0.25, -0.2) is 0 Å². The molecule has 0 fully saturated rings. The van der Waals surface area contributed by atoms with Crippen LogP contribution in [0.25, 0.3) is 0 Å². The van der Waals surface area contributed by atoms with Crippen molar-refractivity contribution < 1.29 is 4.42 Å². The quantitative estimate of drug-likeness (QED) is 0.798. The smallest absolute Gasteiger partial charge is 0.148 e. The number of hydrogen-bond acceptors (Lipinski definition) is 4. The SMILES string of the molecule is Cc1nn(C)c(NCc2ccco2)c1N. The first kappa shape index (κ1) is 9.64. The lowest BCUT2D eigenvalue weighted by molar-refractivity contribution is 0.517. The van der Waals surface area contributed by atoms with E-state index in [2.05, 4.69) is 10.4 Å². The van der Waals surface area contributed by atoms with Crippen LogP contribution >= 0.6 is 0 Å². The molecule has 0 aliphatic rings. The van der Waals surface area contributed by atoms with E-state index in [0.29, 0.717) is 12.2 Å². The number of anilines is 2. The van der Waals surface area contributed by atoms with Gasteiger partial charge in [0.2, 0.25) is 0 Å². The summed E-state index contributed by atoms with van der Waals surface area (Å²) >= 11 is 0. The van der Waals surface area contributed by atoms with E-state index in [0.717, 1.165) is 17.3 Å². The molecule has 0 bridgehead atoms. The molecule has 0 unspecified atom stereocenters. The number of nitrogen functional groups attached to an aromatic ring is 1. The number of rotatable bonds is 3. The number of aryl methyl sites for hydroxylation is 2. The van der Waals surface area contributed by atoms with Crippen molar-refractivity contribution in [2.75, 3.05) is 11.1 Å². The maximum atomic E-state index is 5.87. The second-order valence-electron chi connectivity index (χ2n) is 3.40. The van der Waals surface area contributed by atoms with E-state index in [-0.39, 0.29) is 0 Å². The zero-order valence-electron chi connectivity index (χ0n) is 8.82. The van der Waals surface area contributed by atoms with E-state index < -0.39 is 0 Å². The first-order valence-electron chi connectivity index (χ1n) is 4.74. The Kier molecular flexibility index (Phi) is 2.37. The molecule has 3 N–H and O–H groups in total. The number of nitrogens with one attached hydrogen (secondary N) is 1. The first-order chi connectivity index (χ1) is 7.18. The predicted octanol–water partition coefficient (Wildman–Crippen LogP) is 1.52. The third kappa shape index (κ3) is 1.81. The van der Waals surface area contributed by atoms with E-state index in [1.165, 1.54) is 0 Å². The minimum Gasteiger partial charge on any atom is -0.467 e. The largest absolute Gasteiger partial charge is 0.467 e. The number of hydrogen-bond donors (Lipinski definition) is 2. The van der Waals surface area contributed by atoms with Gasteiger partial charge in [0.15, 0.2) is 0 Å². The fourth-order valence-corrected chi connectivity index (χ4v) is 1.47. The molecule has 0 aliphatic heterocycles. The number of furan rings is 1. The van der Waals surface area contributed by atoms with Gasteiger partial charge in [-0.2, -0.15) is 5.10 Å². The normalized spacial score (nSPS) is 10.5. The summed E-state index contributed by atoms with van der Waals surface area (Å²) in [7, 11) is 1.85. The van der Waals surface area contributed by atoms with Crippen molar-refractivity contribution in [3.05, 3.63) is 29.9 Å². The van der Waals surface area contributed by atoms with Gasteiger partial charge in [0, 0.05) is 7.05 Å². The highest BCUT2D eigenvalue weighted by molar-refractivity contribution is 5.64. The molecule has 0 amide bonds. The van der Waals surface area contributed by atoms with E-state index in [1.54, 1.807) is 10.9 Å². The van der Waals surface area contributed by atoms with Crippen LogP contribution in [0.5, 0.6) is 0 Å². The number of nitrogens with two attached hydrogens (primary N) is 1. The van der Waals surface area contributed by atoms with Crippen LogP contribution in [-0.4, -0.2) is 9.78 Å². The second-order valence-corrected chi connectivity index (χ2v) is 3.40. The van der Waals surface area contributed by atoms with E-state index >= 15 is 0 Å². The van der Waals surface area contributed by atoms with Crippen LogP contribution in [0.4, 0.5) is 11.5 Å². The monoisotopic (exact) mass is 206 g/mol. The Morgan fingerprint density at radius 3 is 2.93 bits per heavy atom. The van der Waals surface area contributed by atoms with E-state index in [4.69, 9.17) is 10.2 Å². The van der Waals surface area contributed by atoms with Crippen LogP contribution in [0, 0.1) is 6.92 Å². The van der Waals surface area contributed by atoms with Gasteiger partial charge in [-0.1, -0.05) is 0 Å². The molecule has 0 saturated heterocycles. The van der Waals surface area contributed by atoms with Crippen molar-refractivity contribution in [3.63, 3.8) is 0 Å². The van der Waals surface area contributed by atoms with Gasteiger partial charge in [0.25, 0.3) is 0 Å². The van der Waals surface area contributed by atoms with Gasteiger partial charge in [-0.05, 0) is 19.1 Å². The summed E-state index contributed by atoms with van der Waals surface area (Å²) in [4.78, 5) is 0. The highest BCUT2D eigenvalue weighted by Crippen LogP contribution is 2.21. The molecule has 5 nitrogen and oxygen atoms in total. The van der Waals surface area contributed by atoms with Gasteiger partial charge in [0.05, 0.1) is 24.2 Å². The number of nitrogens with zero attached hydrogens (tertiary/aromatic N) is 2. The van der Waals surface area contributed by atoms with Crippen molar-refractivity contribution in [3.8, 4) is 0 Å². The van der Waals surface area contributed by atoms with Gasteiger partial charge in [0.1, 0.15) is 11.6 Å². The molecule has 2 aromatic rings. The molecule has 2 rings (SSSR count). The van der Waals surface area contributed by atoms with Crippen LogP contribution in [0.1, 0.15) is 11.5 Å². The van der Waals surface area contributed by atoms with Crippen molar-refractivity contribution in [2.45, 2.75) is 13.5 Å². The molecular weight excluding hydrogens is 192 g/mol. The maximum Gasteiger partial charge on any atom is 0.148 e. The van der Waals surface area contributed by atoms with Gasteiger partial charge in [-0.3, -0.25) is 4.68 Å². The van der Waals surface area contributed by atoms with E-state index in [9.17, 15) is 0 Å². The molecule has 2 aromatic heterocycles. The Morgan fingerprint density at radius 2 is 2.40 bits per heavy atom. The lowest BCUT2D eigenvalue weighted by Gasteiger charge is -2.05. The lowest BCUT2D eigenvalue weighted by atomic mass is 10.4. The molecule has 0 atom stereocenters. The van der Waals surface area contributed by atoms with Crippen LogP contribution in [0.3, 0.4) is 0 Å². The Hall–Kier alpha value is -1.91. The minimum absolute atomic E-state index is 0.607. The molecule has 0 radical (unpaired) electrons. The lowest BCUT2D eigenvalue weighted by Crippen LogP contribution is -2.05. The van der Waals surface area contributed by atoms with Gasteiger partial charge >= 0.3 is 0 Å². The van der Waals surface area contributed by atoms with Gasteiger partial charge < -0.3 is 15.5 Å². The Bertz CT molecular complexity index is 444. The highest BCUT2D eigenvalue weighted by atomic mass is 16.3. The highest BCUT2D eigenvalue weighted by Gasteiger charge is 2.09. The molecule has 0 aromatic carbocycles. The predicted molar refractivity (Wildman–Crippen MR) is 58.4 cm³/mol. The van der Waals surface area contributed by atoms with E-state index in [1.807, 2.05) is 26.1 Å². The summed E-state index contributed by atoms with van der Waals surface area (Å²) < 4.78 is 6.94. The summed E-state index contributed by atoms with van der Waals surface area (Å²) in [6.07, 6.45) is 1.65. The third-order valence-electron chi connectivity index (χ3n) is 2.28. The number of aromatic nitrogens is 2. The summed E-state index contributed by atoms with van der Waals surface area (Å²) in [5.41, 5.74) is 7.38. The fourth-order valence-electron chi connectivity index (χ4n) is 1.47. The van der Waals surface area contributed by atoms with Crippen molar-refractivity contribution in [1.29, 1.82) is 0 Å². The standard InChI is InChI=1S/C10H14N4O/c1-7-9(11)10(14(2)13-7)12-6-8-4-3-5-15-8/h3-5,12H,6,11H2,1-2H3. The average molecular weight is 206 g/mol. The first-order valence-corrected chi connectivity index (χ1v) is 4.74.